The molecule has 0 amide bonds. The Balaban J connectivity index is 1.49. The molecule has 2 saturated carbocycles. The van der Waals surface area contributed by atoms with Gasteiger partial charge in [0.05, 0.1) is 0 Å². The SMILES string of the molecule is CC1(CCCCCc2c(O)c(O)cc(CCCCC3(C)CC3)c2O)CC1. The van der Waals surface area contributed by atoms with Gasteiger partial charge in [0.1, 0.15) is 5.75 Å². The summed E-state index contributed by atoms with van der Waals surface area (Å²) in [7, 11) is 0. The largest absolute Gasteiger partial charge is 0.507 e. The van der Waals surface area contributed by atoms with E-state index in [1.807, 2.05) is 0 Å². The molecule has 0 aliphatic heterocycles. The Morgan fingerprint density at radius 3 is 1.85 bits per heavy atom. The van der Waals surface area contributed by atoms with Crippen LogP contribution in [-0.4, -0.2) is 15.3 Å². The molecule has 26 heavy (non-hydrogen) atoms. The third kappa shape index (κ3) is 5.08. The maximum atomic E-state index is 10.6. The van der Waals surface area contributed by atoms with Crippen LogP contribution in [0.2, 0.25) is 0 Å². The predicted octanol–water partition coefficient (Wildman–Crippen LogP) is 6.22. The average molecular weight is 361 g/mol. The normalized spacial score (nSPS) is 19.5. The number of hydrogen-bond donors (Lipinski definition) is 3. The molecule has 0 atom stereocenters. The number of aryl methyl sites for hydroxylation is 1. The zero-order valence-corrected chi connectivity index (χ0v) is 16.6. The number of benzene rings is 1. The maximum Gasteiger partial charge on any atom is 0.164 e. The number of rotatable bonds is 11. The summed E-state index contributed by atoms with van der Waals surface area (Å²) >= 11 is 0. The molecule has 0 aromatic heterocycles. The van der Waals surface area contributed by atoms with Gasteiger partial charge < -0.3 is 15.3 Å². The molecule has 0 saturated heterocycles. The Morgan fingerprint density at radius 1 is 0.731 bits per heavy atom. The molecule has 2 aliphatic rings. The van der Waals surface area contributed by atoms with Crippen LogP contribution in [-0.2, 0) is 12.8 Å². The van der Waals surface area contributed by atoms with Crippen LogP contribution < -0.4 is 0 Å². The number of unbranched alkanes of at least 4 members (excludes halogenated alkanes) is 3. The molecule has 146 valence electrons. The zero-order chi connectivity index (χ0) is 18.8. The molecular weight excluding hydrogens is 324 g/mol. The van der Waals surface area contributed by atoms with Crippen LogP contribution in [0.3, 0.4) is 0 Å². The number of phenols is 3. The van der Waals surface area contributed by atoms with Gasteiger partial charge in [-0.05, 0) is 86.7 Å². The van der Waals surface area contributed by atoms with Crippen LogP contribution in [0.1, 0.15) is 95.6 Å². The summed E-state index contributed by atoms with van der Waals surface area (Å²) < 4.78 is 0. The van der Waals surface area contributed by atoms with Crippen LogP contribution in [0.25, 0.3) is 0 Å². The van der Waals surface area contributed by atoms with Gasteiger partial charge in [0.15, 0.2) is 11.5 Å². The summed E-state index contributed by atoms with van der Waals surface area (Å²) in [4.78, 5) is 0. The minimum Gasteiger partial charge on any atom is -0.507 e. The lowest BCUT2D eigenvalue weighted by molar-refractivity contribution is 0.384. The molecule has 3 N–H and O–H groups in total. The van der Waals surface area contributed by atoms with Gasteiger partial charge in [-0.25, -0.2) is 0 Å². The second-order valence-electron chi connectivity index (χ2n) is 9.62. The van der Waals surface area contributed by atoms with Crippen molar-refractivity contribution in [2.75, 3.05) is 0 Å². The summed E-state index contributed by atoms with van der Waals surface area (Å²) in [5.74, 6) is -0.0227. The van der Waals surface area contributed by atoms with Gasteiger partial charge >= 0.3 is 0 Å². The fourth-order valence-corrected chi connectivity index (χ4v) is 4.01. The second-order valence-corrected chi connectivity index (χ2v) is 9.62. The Labute approximate surface area is 158 Å². The van der Waals surface area contributed by atoms with E-state index in [1.165, 1.54) is 44.9 Å². The lowest BCUT2D eigenvalue weighted by atomic mass is 9.95. The molecule has 0 heterocycles. The van der Waals surface area contributed by atoms with Crippen molar-refractivity contribution < 1.29 is 15.3 Å². The fraction of sp³-hybridized carbons (Fsp3) is 0.739. The maximum absolute atomic E-state index is 10.6. The van der Waals surface area contributed by atoms with E-state index in [2.05, 4.69) is 13.8 Å². The van der Waals surface area contributed by atoms with Crippen LogP contribution in [0, 0.1) is 10.8 Å². The monoisotopic (exact) mass is 360 g/mol. The van der Waals surface area contributed by atoms with Crippen LogP contribution in [0.4, 0.5) is 0 Å². The lowest BCUT2D eigenvalue weighted by Gasteiger charge is -2.14. The first kappa shape index (κ1) is 19.4. The van der Waals surface area contributed by atoms with E-state index in [1.54, 1.807) is 6.07 Å². The van der Waals surface area contributed by atoms with Crippen molar-refractivity contribution in [2.24, 2.45) is 10.8 Å². The molecule has 1 aromatic carbocycles. The van der Waals surface area contributed by atoms with Crippen molar-refractivity contribution in [3.63, 3.8) is 0 Å². The molecule has 3 rings (SSSR count). The van der Waals surface area contributed by atoms with E-state index in [4.69, 9.17) is 0 Å². The first-order chi connectivity index (χ1) is 12.3. The van der Waals surface area contributed by atoms with Crippen molar-refractivity contribution >= 4 is 0 Å². The van der Waals surface area contributed by atoms with Crippen molar-refractivity contribution in [1.82, 2.24) is 0 Å². The van der Waals surface area contributed by atoms with Crippen LogP contribution in [0.5, 0.6) is 17.2 Å². The van der Waals surface area contributed by atoms with Gasteiger partial charge in [0.25, 0.3) is 0 Å². The average Bonchev–Trinajstić information content (AvgIpc) is 3.51. The minimum absolute atomic E-state index is 0.0903. The van der Waals surface area contributed by atoms with Crippen molar-refractivity contribution in [2.45, 2.75) is 97.3 Å². The number of aromatic hydroxyl groups is 3. The first-order valence-corrected chi connectivity index (χ1v) is 10.6. The van der Waals surface area contributed by atoms with Gasteiger partial charge in [0.2, 0.25) is 0 Å². The number of phenolic OH excluding ortho intramolecular Hbond substituents is 3. The third-order valence-electron chi connectivity index (χ3n) is 6.82. The predicted molar refractivity (Wildman–Crippen MR) is 106 cm³/mol. The van der Waals surface area contributed by atoms with Crippen molar-refractivity contribution in [3.8, 4) is 17.2 Å². The van der Waals surface area contributed by atoms with E-state index in [9.17, 15) is 15.3 Å². The van der Waals surface area contributed by atoms with Gasteiger partial charge in [0, 0.05) is 5.56 Å². The Morgan fingerprint density at radius 2 is 1.27 bits per heavy atom. The van der Waals surface area contributed by atoms with Gasteiger partial charge in [-0.2, -0.15) is 0 Å². The van der Waals surface area contributed by atoms with E-state index < -0.39 is 0 Å². The second kappa shape index (κ2) is 7.70. The molecule has 2 aliphatic carbocycles. The third-order valence-corrected chi connectivity index (χ3v) is 6.82. The topological polar surface area (TPSA) is 60.7 Å². The van der Waals surface area contributed by atoms with Crippen molar-refractivity contribution in [3.05, 3.63) is 17.2 Å². The zero-order valence-electron chi connectivity index (χ0n) is 16.6. The summed E-state index contributed by atoms with van der Waals surface area (Å²) in [6, 6.07) is 1.54. The summed E-state index contributed by atoms with van der Waals surface area (Å²) in [5.41, 5.74) is 2.48. The molecule has 3 heteroatoms. The van der Waals surface area contributed by atoms with E-state index in [0.717, 1.165) is 37.7 Å². The number of hydrogen-bond acceptors (Lipinski definition) is 3. The highest BCUT2D eigenvalue weighted by molar-refractivity contribution is 5.56. The molecule has 1 aromatic rings. The smallest absolute Gasteiger partial charge is 0.164 e. The fourth-order valence-electron chi connectivity index (χ4n) is 4.01. The van der Waals surface area contributed by atoms with Crippen molar-refractivity contribution in [1.29, 1.82) is 0 Å². The van der Waals surface area contributed by atoms with Crippen LogP contribution >= 0.6 is 0 Å². The lowest BCUT2D eigenvalue weighted by Crippen LogP contribution is -1.97. The summed E-state index contributed by atoms with van der Waals surface area (Å²) in [6.07, 6.45) is 14.8. The van der Waals surface area contributed by atoms with E-state index in [-0.39, 0.29) is 17.2 Å². The Bertz CT molecular complexity index is 627. The first-order valence-electron chi connectivity index (χ1n) is 10.6. The summed E-state index contributed by atoms with van der Waals surface area (Å²) in [5, 5.41) is 30.8. The quantitative estimate of drug-likeness (QED) is 0.249. The highest BCUT2D eigenvalue weighted by Gasteiger charge is 2.36. The highest BCUT2D eigenvalue weighted by atomic mass is 16.3. The van der Waals surface area contributed by atoms with Gasteiger partial charge in [-0.3, -0.25) is 0 Å². The molecule has 0 spiro atoms. The van der Waals surface area contributed by atoms with Gasteiger partial charge in [-0.1, -0.05) is 33.1 Å². The molecule has 3 nitrogen and oxygen atoms in total. The standard InChI is InChI=1S/C23H36O3/c1-22(12-13-22)10-6-3-4-9-18-20(25)17(16-19(24)21(18)26)8-5-7-11-23(2)14-15-23/h16,24-26H,3-15H2,1-2H3. The molecule has 0 unspecified atom stereocenters. The highest BCUT2D eigenvalue weighted by Crippen LogP contribution is 2.50. The Kier molecular flexibility index (Phi) is 5.74. The minimum atomic E-state index is -0.133. The van der Waals surface area contributed by atoms with Gasteiger partial charge in [-0.15, -0.1) is 0 Å². The molecule has 0 radical (unpaired) electrons. The Hall–Kier alpha value is -1.38. The summed E-state index contributed by atoms with van der Waals surface area (Å²) in [6.45, 7) is 4.70. The molecule has 0 bridgehead atoms. The van der Waals surface area contributed by atoms with E-state index in [0.29, 0.717) is 22.8 Å². The van der Waals surface area contributed by atoms with Crippen LogP contribution in [0.15, 0.2) is 6.07 Å². The van der Waals surface area contributed by atoms with E-state index >= 15 is 0 Å². The molecular formula is C23H36O3. The molecule has 2 fully saturated rings.